The number of halogens is 1. The first-order chi connectivity index (χ1) is 13.2. The van der Waals surface area contributed by atoms with E-state index in [1.807, 2.05) is 30.5 Å². The van der Waals surface area contributed by atoms with Crippen molar-refractivity contribution in [3.63, 3.8) is 0 Å². The number of nitrogens with one attached hydrogen (secondary N) is 1. The van der Waals surface area contributed by atoms with Crippen LogP contribution < -0.4 is 10.8 Å². The van der Waals surface area contributed by atoms with Crippen molar-refractivity contribution in [3.05, 3.63) is 36.0 Å². The van der Waals surface area contributed by atoms with E-state index in [-0.39, 0.29) is 19.0 Å². The standard InChI is InChI=1S/C11H12N2O2.C9H17NO4.ClH/c12-9(11(14)15)5-7-6-13-10-4-2-1-3-8(7)10;1-7(11)9(14,5-8(12)13)6-10(2,3)4;/h1-4,6,9,13H,5,12H2,(H,14,15);14H,5-6H2,1-4H3;1H/t2*9-;/m01./s1. The summed E-state index contributed by atoms with van der Waals surface area (Å²) in [7, 11) is 5.30. The molecule has 2 atom stereocenters. The van der Waals surface area contributed by atoms with Gasteiger partial charge in [-0.1, -0.05) is 18.2 Å². The molecule has 10 heteroatoms. The second kappa shape index (κ2) is 11.1. The summed E-state index contributed by atoms with van der Waals surface area (Å²) >= 11 is 0. The summed E-state index contributed by atoms with van der Waals surface area (Å²) < 4.78 is 0.309. The first-order valence-corrected chi connectivity index (χ1v) is 9.02. The number of nitrogens with zero attached hydrogens (tertiary/aromatic N) is 1. The second-order valence-corrected chi connectivity index (χ2v) is 8.09. The van der Waals surface area contributed by atoms with Gasteiger partial charge in [0.05, 0.1) is 21.1 Å². The number of fused-ring (bicyclic) bond motifs is 1. The molecule has 0 radical (unpaired) electrons. The van der Waals surface area contributed by atoms with Crippen LogP contribution in [-0.2, 0) is 20.8 Å². The lowest BCUT2D eigenvalue weighted by Gasteiger charge is -2.34. The molecule has 168 valence electrons. The normalized spacial score (nSPS) is 13.9. The SMILES string of the molecule is CC(=O)[C@@](O)(CC(=O)[O-])C[N+](C)(C)C.Cl.N[C@@H](Cc1c[nH]c2ccccc12)C(=O)O. The Morgan fingerprint density at radius 2 is 1.80 bits per heavy atom. The van der Waals surface area contributed by atoms with E-state index in [0.29, 0.717) is 10.9 Å². The van der Waals surface area contributed by atoms with Crippen molar-refractivity contribution >= 4 is 41.0 Å². The maximum atomic E-state index is 11.1. The molecule has 1 heterocycles. The highest BCUT2D eigenvalue weighted by Crippen LogP contribution is 2.18. The number of aliphatic hydroxyl groups is 1. The van der Waals surface area contributed by atoms with Crippen molar-refractivity contribution in [2.75, 3.05) is 27.7 Å². The molecule has 0 saturated carbocycles. The zero-order valence-corrected chi connectivity index (χ0v) is 18.4. The highest BCUT2D eigenvalue weighted by Gasteiger charge is 2.38. The number of nitrogens with two attached hydrogens (primary N) is 1. The Morgan fingerprint density at radius 1 is 1.23 bits per heavy atom. The molecule has 1 aromatic carbocycles. The Labute approximate surface area is 181 Å². The Hall–Kier alpha value is -2.46. The summed E-state index contributed by atoms with van der Waals surface area (Å²) in [6.07, 6.45) is 1.50. The fraction of sp³-hybridized carbons (Fsp3) is 0.450. The van der Waals surface area contributed by atoms with Crippen molar-refractivity contribution in [3.8, 4) is 0 Å². The van der Waals surface area contributed by atoms with Crippen molar-refractivity contribution < 1.29 is 34.2 Å². The number of carbonyl (C=O) groups is 3. The maximum absolute atomic E-state index is 11.1. The molecule has 5 N–H and O–H groups in total. The number of H-pyrrole nitrogens is 1. The van der Waals surface area contributed by atoms with Crippen LogP contribution in [0.25, 0.3) is 10.9 Å². The molecule has 2 aromatic rings. The van der Waals surface area contributed by atoms with Crippen LogP contribution in [0.4, 0.5) is 0 Å². The van der Waals surface area contributed by atoms with Crippen molar-refractivity contribution in [1.29, 1.82) is 0 Å². The van der Waals surface area contributed by atoms with Gasteiger partial charge in [-0.25, -0.2) is 0 Å². The van der Waals surface area contributed by atoms with Crippen LogP contribution in [0.5, 0.6) is 0 Å². The summed E-state index contributed by atoms with van der Waals surface area (Å²) in [5.74, 6) is -2.94. The molecule has 0 amide bonds. The number of hydrogen-bond donors (Lipinski definition) is 4. The van der Waals surface area contributed by atoms with E-state index in [2.05, 4.69) is 4.98 Å². The fourth-order valence-electron chi connectivity index (χ4n) is 2.94. The average Bonchev–Trinajstić information content (AvgIpc) is 2.96. The van der Waals surface area contributed by atoms with E-state index < -0.39 is 35.8 Å². The van der Waals surface area contributed by atoms with Crippen LogP contribution in [0.2, 0.25) is 0 Å². The number of Topliss-reactive ketones (excluding diaryl/α,β-unsaturated/α-hetero) is 1. The number of para-hydroxylation sites is 1. The Bertz CT molecular complexity index is 877. The third-order valence-corrected chi connectivity index (χ3v) is 4.26. The third-order valence-electron chi connectivity index (χ3n) is 4.26. The molecule has 0 aliphatic carbocycles. The third kappa shape index (κ3) is 8.50. The Kier molecular flexibility index (Phi) is 10.2. The van der Waals surface area contributed by atoms with Gasteiger partial charge in [0.1, 0.15) is 12.6 Å². The summed E-state index contributed by atoms with van der Waals surface area (Å²) in [5.41, 5.74) is 5.61. The second-order valence-electron chi connectivity index (χ2n) is 8.09. The number of likely N-dealkylation sites (N-methyl/N-ethyl adjacent to an activating group) is 1. The van der Waals surface area contributed by atoms with Crippen molar-refractivity contribution in [2.45, 2.75) is 31.4 Å². The lowest BCUT2D eigenvalue weighted by molar-refractivity contribution is -0.875. The first-order valence-electron chi connectivity index (χ1n) is 9.02. The summed E-state index contributed by atoms with van der Waals surface area (Å²) in [4.78, 5) is 35.2. The predicted octanol–water partition coefficient (Wildman–Crippen LogP) is -0.303. The maximum Gasteiger partial charge on any atom is 0.320 e. The van der Waals surface area contributed by atoms with Gasteiger partial charge >= 0.3 is 5.97 Å². The van der Waals surface area contributed by atoms with E-state index in [4.69, 9.17) is 10.8 Å². The van der Waals surface area contributed by atoms with Gasteiger partial charge in [-0.2, -0.15) is 0 Å². The molecule has 0 unspecified atom stereocenters. The smallest absolute Gasteiger partial charge is 0.320 e. The van der Waals surface area contributed by atoms with Gasteiger partial charge in [-0.3, -0.25) is 9.59 Å². The topological polar surface area (TPSA) is 157 Å². The van der Waals surface area contributed by atoms with Gasteiger partial charge in [-0.05, 0) is 18.6 Å². The molecule has 30 heavy (non-hydrogen) atoms. The summed E-state index contributed by atoms with van der Waals surface area (Å²) in [5, 5.41) is 29.9. The zero-order chi connectivity index (χ0) is 22.4. The van der Waals surface area contributed by atoms with E-state index in [0.717, 1.165) is 16.5 Å². The summed E-state index contributed by atoms with van der Waals surface area (Å²) in [6, 6.07) is 6.91. The van der Waals surface area contributed by atoms with Gasteiger partial charge < -0.3 is 35.3 Å². The van der Waals surface area contributed by atoms with Gasteiger partial charge in [0.15, 0.2) is 11.4 Å². The number of aromatic amines is 1. The molecule has 0 aliphatic rings. The van der Waals surface area contributed by atoms with Crippen LogP contribution in [0.3, 0.4) is 0 Å². The number of benzene rings is 1. The minimum atomic E-state index is -1.82. The van der Waals surface area contributed by atoms with E-state index in [1.165, 1.54) is 6.92 Å². The molecular formula is C20H30ClN3O6. The molecule has 9 nitrogen and oxygen atoms in total. The zero-order valence-electron chi connectivity index (χ0n) is 17.5. The molecule has 0 aliphatic heterocycles. The van der Waals surface area contributed by atoms with Gasteiger partial charge in [0.25, 0.3) is 0 Å². The molecule has 0 bridgehead atoms. The quantitative estimate of drug-likeness (QED) is 0.408. The number of quaternary nitrogens is 1. The van der Waals surface area contributed by atoms with Crippen LogP contribution in [-0.4, -0.2) is 76.7 Å². The van der Waals surface area contributed by atoms with Crippen LogP contribution in [0.1, 0.15) is 18.9 Å². The molecular weight excluding hydrogens is 414 g/mol. The highest BCUT2D eigenvalue weighted by atomic mass is 35.5. The first kappa shape index (κ1) is 27.5. The monoisotopic (exact) mass is 443 g/mol. The van der Waals surface area contributed by atoms with Gasteiger partial charge in [-0.15, -0.1) is 12.4 Å². The average molecular weight is 444 g/mol. The molecule has 0 saturated heterocycles. The highest BCUT2D eigenvalue weighted by molar-refractivity contribution is 5.88. The van der Waals surface area contributed by atoms with Crippen molar-refractivity contribution in [2.24, 2.45) is 5.73 Å². The van der Waals surface area contributed by atoms with Crippen molar-refractivity contribution in [1.82, 2.24) is 4.98 Å². The Balaban J connectivity index is 0.000000545. The van der Waals surface area contributed by atoms with Crippen LogP contribution >= 0.6 is 12.4 Å². The lowest BCUT2D eigenvalue weighted by atomic mass is 9.94. The number of carboxylic acids is 2. The number of aliphatic carboxylic acids is 2. The number of aromatic nitrogens is 1. The van der Waals surface area contributed by atoms with E-state index in [1.54, 1.807) is 21.1 Å². The minimum absolute atomic E-state index is 0. The van der Waals surface area contributed by atoms with Gasteiger partial charge in [0.2, 0.25) is 0 Å². The number of rotatable bonds is 8. The molecule has 0 spiro atoms. The number of hydrogen-bond acceptors (Lipinski definition) is 6. The lowest BCUT2D eigenvalue weighted by Crippen LogP contribution is -2.55. The summed E-state index contributed by atoms with van der Waals surface area (Å²) in [6.45, 7) is 1.23. The van der Waals surface area contributed by atoms with E-state index >= 15 is 0 Å². The predicted molar refractivity (Wildman–Crippen MR) is 113 cm³/mol. The minimum Gasteiger partial charge on any atom is -0.550 e. The van der Waals surface area contributed by atoms with Crippen LogP contribution in [0.15, 0.2) is 30.5 Å². The molecule has 0 fully saturated rings. The number of carboxylic acid groups (broad SMARTS) is 2. The number of carbonyl (C=O) groups excluding carboxylic acids is 2. The fourth-order valence-corrected chi connectivity index (χ4v) is 2.94. The van der Waals surface area contributed by atoms with Crippen LogP contribution in [0, 0.1) is 0 Å². The molecule has 1 aromatic heterocycles. The molecule has 2 rings (SSSR count). The van der Waals surface area contributed by atoms with Gasteiger partial charge in [0, 0.05) is 35.9 Å². The van der Waals surface area contributed by atoms with E-state index in [9.17, 15) is 24.6 Å². The number of ketones is 1. The largest absolute Gasteiger partial charge is 0.550 e. The Morgan fingerprint density at radius 3 is 2.27 bits per heavy atom.